The van der Waals surface area contributed by atoms with E-state index >= 15 is 0 Å². The third-order valence-electron chi connectivity index (χ3n) is 5.38. The maximum absolute atomic E-state index is 12.5. The van der Waals surface area contributed by atoms with Gasteiger partial charge in [-0.3, -0.25) is 9.59 Å². The van der Waals surface area contributed by atoms with Gasteiger partial charge in [-0.1, -0.05) is 36.4 Å². The van der Waals surface area contributed by atoms with Gasteiger partial charge in [-0.25, -0.2) is 0 Å². The molecule has 2 amide bonds. The topological polar surface area (TPSA) is 59.1 Å². The van der Waals surface area contributed by atoms with Gasteiger partial charge in [0.15, 0.2) is 0 Å². The van der Waals surface area contributed by atoms with Crippen molar-refractivity contribution in [1.82, 2.24) is 9.80 Å². The van der Waals surface area contributed by atoms with E-state index in [1.807, 2.05) is 70.5 Å². The Morgan fingerprint density at radius 3 is 1.27 bits per heavy atom. The first-order valence-electron chi connectivity index (χ1n) is 10.3. The maximum atomic E-state index is 12.5. The standard InChI is InChI=1S/C24H26N2O4/c27-23(25-11-15-29-16-12-25)21-7-3-19(4-8-21)1-2-20-5-9-22(10-6-20)24(28)26-13-17-30-18-14-26/h1-10H,11-18H2. The number of amides is 2. The summed E-state index contributed by atoms with van der Waals surface area (Å²) in [5.74, 6) is 0.101. The molecule has 30 heavy (non-hydrogen) atoms. The average Bonchev–Trinajstić information content (AvgIpc) is 2.83. The number of carbonyl (C=O) groups excluding carboxylic acids is 2. The third-order valence-corrected chi connectivity index (χ3v) is 5.38. The maximum Gasteiger partial charge on any atom is 0.254 e. The van der Waals surface area contributed by atoms with Gasteiger partial charge in [-0.05, 0) is 35.4 Å². The molecular weight excluding hydrogens is 380 g/mol. The van der Waals surface area contributed by atoms with E-state index in [0.717, 1.165) is 11.1 Å². The molecule has 0 aromatic heterocycles. The molecule has 0 aliphatic carbocycles. The van der Waals surface area contributed by atoms with Crippen LogP contribution in [-0.4, -0.2) is 74.2 Å². The number of hydrogen-bond acceptors (Lipinski definition) is 4. The van der Waals surface area contributed by atoms with E-state index in [9.17, 15) is 9.59 Å². The van der Waals surface area contributed by atoms with Crippen LogP contribution in [0.1, 0.15) is 31.8 Å². The fourth-order valence-electron chi connectivity index (χ4n) is 3.56. The molecule has 156 valence electrons. The minimum absolute atomic E-state index is 0.0503. The first-order chi connectivity index (χ1) is 14.7. The van der Waals surface area contributed by atoms with Crippen molar-refractivity contribution in [2.45, 2.75) is 0 Å². The van der Waals surface area contributed by atoms with E-state index in [1.165, 1.54) is 0 Å². The summed E-state index contributed by atoms with van der Waals surface area (Å²) < 4.78 is 10.6. The lowest BCUT2D eigenvalue weighted by Gasteiger charge is -2.26. The Morgan fingerprint density at radius 1 is 0.600 bits per heavy atom. The van der Waals surface area contributed by atoms with Crippen molar-refractivity contribution >= 4 is 24.0 Å². The van der Waals surface area contributed by atoms with Crippen LogP contribution in [0.4, 0.5) is 0 Å². The highest BCUT2D eigenvalue weighted by molar-refractivity contribution is 5.95. The van der Waals surface area contributed by atoms with E-state index in [2.05, 4.69) is 0 Å². The summed E-state index contributed by atoms with van der Waals surface area (Å²) in [6, 6.07) is 15.2. The quantitative estimate of drug-likeness (QED) is 0.733. The zero-order valence-electron chi connectivity index (χ0n) is 17.0. The Labute approximate surface area is 176 Å². The van der Waals surface area contributed by atoms with Crippen LogP contribution in [0.5, 0.6) is 0 Å². The molecule has 0 spiro atoms. The predicted molar refractivity (Wildman–Crippen MR) is 115 cm³/mol. The molecule has 2 saturated heterocycles. The number of benzene rings is 2. The van der Waals surface area contributed by atoms with Crippen molar-refractivity contribution in [3.8, 4) is 0 Å². The van der Waals surface area contributed by atoms with Gasteiger partial charge in [0.05, 0.1) is 26.4 Å². The van der Waals surface area contributed by atoms with Crippen LogP contribution in [0.15, 0.2) is 48.5 Å². The summed E-state index contributed by atoms with van der Waals surface area (Å²) in [5.41, 5.74) is 3.42. The van der Waals surface area contributed by atoms with Crippen LogP contribution in [0.25, 0.3) is 12.2 Å². The minimum Gasteiger partial charge on any atom is -0.378 e. The average molecular weight is 406 g/mol. The first-order valence-corrected chi connectivity index (χ1v) is 10.3. The number of morpholine rings is 2. The molecule has 0 saturated carbocycles. The molecule has 2 aromatic carbocycles. The van der Waals surface area contributed by atoms with Crippen molar-refractivity contribution in [3.63, 3.8) is 0 Å². The summed E-state index contributed by atoms with van der Waals surface area (Å²) in [5, 5.41) is 0. The Hall–Kier alpha value is -2.96. The number of ether oxygens (including phenoxy) is 2. The molecule has 0 N–H and O–H groups in total. The summed E-state index contributed by atoms with van der Waals surface area (Å²) >= 11 is 0. The van der Waals surface area contributed by atoms with Crippen molar-refractivity contribution in [3.05, 3.63) is 70.8 Å². The summed E-state index contributed by atoms with van der Waals surface area (Å²) in [7, 11) is 0. The van der Waals surface area contributed by atoms with Crippen LogP contribution in [0, 0.1) is 0 Å². The second-order valence-corrected chi connectivity index (χ2v) is 7.39. The Bertz CT molecular complexity index is 818. The molecule has 0 bridgehead atoms. The summed E-state index contributed by atoms with van der Waals surface area (Å²) in [6.45, 7) is 4.98. The van der Waals surface area contributed by atoms with Crippen LogP contribution < -0.4 is 0 Å². The van der Waals surface area contributed by atoms with Crippen LogP contribution in [0.2, 0.25) is 0 Å². The second kappa shape index (κ2) is 9.69. The van der Waals surface area contributed by atoms with Gasteiger partial charge in [-0.15, -0.1) is 0 Å². The Kier molecular flexibility index (Phi) is 6.57. The molecule has 6 heteroatoms. The molecule has 0 atom stereocenters. The van der Waals surface area contributed by atoms with Crippen LogP contribution >= 0.6 is 0 Å². The first kappa shape index (κ1) is 20.3. The molecule has 4 rings (SSSR count). The normalized spacial score (nSPS) is 17.3. The zero-order chi connectivity index (χ0) is 20.8. The van der Waals surface area contributed by atoms with E-state index in [0.29, 0.717) is 63.7 Å². The molecule has 0 radical (unpaired) electrons. The Balaban J connectivity index is 1.36. The number of nitrogens with zero attached hydrogens (tertiary/aromatic N) is 2. The SMILES string of the molecule is O=C(c1ccc(C=Cc2ccc(C(=O)N3CCOCC3)cc2)cc1)N1CCOCC1. The second-order valence-electron chi connectivity index (χ2n) is 7.39. The van der Waals surface area contributed by atoms with Gasteiger partial charge in [0, 0.05) is 37.3 Å². The molecule has 2 heterocycles. The van der Waals surface area contributed by atoms with Gasteiger partial charge < -0.3 is 19.3 Å². The van der Waals surface area contributed by atoms with Gasteiger partial charge in [0.1, 0.15) is 0 Å². The number of hydrogen-bond donors (Lipinski definition) is 0. The lowest BCUT2D eigenvalue weighted by molar-refractivity contribution is 0.0301. The largest absolute Gasteiger partial charge is 0.378 e. The van der Waals surface area contributed by atoms with Gasteiger partial charge in [0.25, 0.3) is 11.8 Å². The molecule has 0 unspecified atom stereocenters. The van der Waals surface area contributed by atoms with E-state index < -0.39 is 0 Å². The van der Waals surface area contributed by atoms with E-state index in [1.54, 1.807) is 0 Å². The van der Waals surface area contributed by atoms with Crippen molar-refractivity contribution in [2.24, 2.45) is 0 Å². The van der Waals surface area contributed by atoms with Crippen LogP contribution in [0.3, 0.4) is 0 Å². The highest BCUT2D eigenvalue weighted by Gasteiger charge is 2.19. The van der Waals surface area contributed by atoms with E-state index in [-0.39, 0.29) is 11.8 Å². The van der Waals surface area contributed by atoms with E-state index in [4.69, 9.17) is 9.47 Å². The summed E-state index contributed by atoms with van der Waals surface area (Å²) in [4.78, 5) is 28.7. The van der Waals surface area contributed by atoms with Crippen molar-refractivity contribution in [1.29, 1.82) is 0 Å². The number of rotatable bonds is 4. The smallest absolute Gasteiger partial charge is 0.254 e. The summed E-state index contributed by atoms with van der Waals surface area (Å²) in [6.07, 6.45) is 4.00. The fraction of sp³-hybridized carbons (Fsp3) is 0.333. The van der Waals surface area contributed by atoms with Gasteiger partial charge >= 0.3 is 0 Å². The monoisotopic (exact) mass is 406 g/mol. The molecule has 2 aliphatic heterocycles. The van der Waals surface area contributed by atoms with Crippen molar-refractivity contribution < 1.29 is 19.1 Å². The lowest BCUT2D eigenvalue weighted by Crippen LogP contribution is -2.40. The lowest BCUT2D eigenvalue weighted by atomic mass is 10.1. The zero-order valence-corrected chi connectivity index (χ0v) is 17.0. The van der Waals surface area contributed by atoms with Gasteiger partial charge in [0.2, 0.25) is 0 Å². The fourth-order valence-corrected chi connectivity index (χ4v) is 3.56. The Morgan fingerprint density at radius 2 is 0.933 bits per heavy atom. The molecular formula is C24H26N2O4. The third kappa shape index (κ3) is 4.96. The molecule has 2 aromatic rings. The van der Waals surface area contributed by atoms with Crippen LogP contribution in [-0.2, 0) is 9.47 Å². The predicted octanol–water partition coefficient (Wildman–Crippen LogP) is 2.80. The number of carbonyl (C=O) groups is 2. The molecule has 2 fully saturated rings. The molecule has 6 nitrogen and oxygen atoms in total. The highest BCUT2D eigenvalue weighted by atomic mass is 16.5. The van der Waals surface area contributed by atoms with Crippen molar-refractivity contribution in [2.75, 3.05) is 52.6 Å². The minimum atomic E-state index is 0.0503. The molecule has 2 aliphatic rings. The highest BCUT2D eigenvalue weighted by Crippen LogP contribution is 2.14. The van der Waals surface area contributed by atoms with Gasteiger partial charge in [-0.2, -0.15) is 0 Å².